The van der Waals surface area contributed by atoms with E-state index in [0.717, 1.165) is 30.9 Å². The van der Waals surface area contributed by atoms with Gasteiger partial charge >= 0.3 is 0 Å². The van der Waals surface area contributed by atoms with Crippen molar-refractivity contribution in [3.63, 3.8) is 0 Å². The third-order valence-electron chi connectivity index (χ3n) is 5.08. The zero-order chi connectivity index (χ0) is 16.5. The predicted octanol–water partition coefficient (Wildman–Crippen LogP) is 1.99. The number of nitrogens with zero attached hydrogens (tertiary/aromatic N) is 4. The quantitative estimate of drug-likeness (QED) is 0.845. The van der Waals surface area contributed by atoms with Crippen LogP contribution >= 0.6 is 0 Å². The van der Waals surface area contributed by atoms with Crippen LogP contribution in [0.25, 0.3) is 11.3 Å². The van der Waals surface area contributed by atoms with Crippen molar-refractivity contribution in [2.75, 3.05) is 18.1 Å². The van der Waals surface area contributed by atoms with Gasteiger partial charge < -0.3 is 9.64 Å². The van der Waals surface area contributed by atoms with Crippen molar-refractivity contribution >= 4 is 5.95 Å². The number of pyridine rings is 1. The third-order valence-corrected chi connectivity index (χ3v) is 5.08. The summed E-state index contributed by atoms with van der Waals surface area (Å²) in [4.78, 5) is 23.6. The molecule has 1 aliphatic heterocycles. The molecule has 0 radical (unpaired) electrons. The number of ether oxygens (including phenoxy) is 1. The first kappa shape index (κ1) is 15.3. The normalized spacial score (nSPS) is 23.8. The Labute approximate surface area is 141 Å². The molecule has 0 spiro atoms. The maximum atomic E-state index is 12.5. The molecule has 2 atom stereocenters. The van der Waals surface area contributed by atoms with E-state index in [1.807, 2.05) is 12.1 Å². The van der Waals surface area contributed by atoms with E-state index in [2.05, 4.69) is 9.88 Å². The molecule has 0 amide bonds. The van der Waals surface area contributed by atoms with E-state index in [4.69, 9.17) is 9.72 Å². The van der Waals surface area contributed by atoms with E-state index in [1.54, 1.807) is 30.1 Å². The SMILES string of the molecule is Cn1c(N2CCO[C@@H]3CCCC[C@H]32)nc(-c2ccncc2)cc1=O. The van der Waals surface area contributed by atoms with Crippen molar-refractivity contribution in [3.8, 4) is 11.3 Å². The zero-order valence-electron chi connectivity index (χ0n) is 13.9. The Bertz CT molecular complexity index is 772. The van der Waals surface area contributed by atoms with Gasteiger partial charge in [-0.25, -0.2) is 4.98 Å². The fraction of sp³-hybridized carbons (Fsp3) is 0.500. The van der Waals surface area contributed by atoms with Crippen LogP contribution in [0.2, 0.25) is 0 Å². The number of anilines is 1. The molecule has 1 saturated carbocycles. The van der Waals surface area contributed by atoms with Gasteiger partial charge in [0.1, 0.15) is 0 Å². The van der Waals surface area contributed by atoms with Crippen LogP contribution in [0.3, 0.4) is 0 Å². The maximum Gasteiger partial charge on any atom is 0.255 e. The topological polar surface area (TPSA) is 60.2 Å². The summed E-state index contributed by atoms with van der Waals surface area (Å²) in [5.74, 6) is 0.745. The number of hydrogen-bond acceptors (Lipinski definition) is 5. The van der Waals surface area contributed by atoms with Crippen molar-refractivity contribution in [2.45, 2.75) is 37.8 Å². The summed E-state index contributed by atoms with van der Waals surface area (Å²) >= 11 is 0. The molecule has 1 aliphatic carbocycles. The Hall–Kier alpha value is -2.21. The van der Waals surface area contributed by atoms with Gasteiger partial charge in [0.2, 0.25) is 5.95 Å². The number of fused-ring (bicyclic) bond motifs is 1. The molecule has 126 valence electrons. The Balaban J connectivity index is 1.77. The van der Waals surface area contributed by atoms with Gasteiger partial charge in [-0.05, 0) is 25.0 Å². The molecule has 2 aromatic rings. The van der Waals surface area contributed by atoms with Crippen molar-refractivity contribution < 1.29 is 4.74 Å². The van der Waals surface area contributed by atoms with Gasteiger partial charge in [0, 0.05) is 37.6 Å². The van der Waals surface area contributed by atoms with Crippen LogP contribution in [-0.4, -0.2) is 39.8 Å². The van der Waals surface area contributed by atoms with Gasteiger partial charge in [0.25, 0.3) is 5.56 Å². The standard InChI is InChI=1S/C18H22N4O2/c1-21-17(23)12-14(13-6-8-19-9-7-13)20-18(21)22-10-11-24-16-5-3-2-4-15(16)22/h6-9,12,15-16H,2-5,10-11H2,1H3/t15-,16-/m1/s1. The monoisotopic (exact) mass is 326 g/mol. The molecule has 0 bridgehead atoms. The Morgan fingerprint density at radius 2 is 2.00 bits per heavy atom. The molecule has 2 aromatic heterocycles. The van der Waals surface area contributed by atoms with Gasteiger partial charge in [-0.1, -0.05) is 12.8 Å². The van der Waals surface area contributed by atoms with Crippen molar-refractivity contribution in [2.24, 2.45) is 7.05 Å². The van der Waals surface area contributed by atoms with E-state index >= 15 is 0 Å². The highest BCUT2D eigenvalue weighted by molar-refractivity contribution is 5.59. The summed E-state index contributed by atoms with van der Waals surface area (Å²) in [6, 6.07) is 5.68. The lowest BCUT2D eigenvalue weighted by molar-refractivity contribution is -0.00959. The molecule has 2 fully saturated rings. The summed E-state index contributed by atoms with van der Waals surface area (Å²) in [5, 5.41) is 0. The van der Waals surface area contributed by atoms with Crippen LogP contribution in [0.15, 0.2) is 35.4 Å². The lowest BCUT2D eigenvalue weighted by Crippen LogP contribution is -2.54. The molecule has 0 aromatic carbocycles. The lowest BCUT2D eigenvalue weighted by Gasteiger charge is -2.44. The van der Waals surface area contributed by atoms with Crippen LogP contribution in [0, 0.1) is 0 Å². The minimum atomic E-state index is -0.0364. The van der Waals surface area contributed by atoms with E-state index in [0.29, 0.717) is 18.3 Å². The first-order chi connectivity index (χ1) is 11.7. The summed E-state index contributed by atoms with van der Waals surface area (Å²) in [6.07, 6.45) is 8.32. The smallest absolute Gasteiger partial charge is 0.255 e. The molecule has 2 aliphatic rings. The summed E-state index contributed by atoms with van der Waals surface area (Å²) in [7, 11) is 1.80. The average Bonchev–Trinajstić information content (AvgIpc) is 2.64. The van der Waals surface area contributed by atoms with E-state index in [-0.39, 0.29) is 11.7 Å². The molecular formula is C18H22N4O2. The van der Waals surface area contributed by atoms with Gasteiger partial charge in [-0.2, -0.15) is 0 Å². The Morgan fingerprint density at radius 3 is 2.83 bits per heavy atom. The van der Waals surface area contributed by atoms with Crippen molar-refractivity contribution in [3.05, 3.63) is 40.9 Å². The van der Waals surface area contributed by atoms with Gasteiger partial charge in [0.05, 0.1) is 24.4 Å². The highest BCUT2D eigenvalue weighted by Crippen LogP contribution is 2.31. The largest absolute Gasteiger partial charge is 0.374 e. The summed E-state index contributed by atoms with van der Waals surface area (Å²) < 4.78 is 7.61. The summed E-state index contributed by atoms with van der Waals surface area (Å²) in [5.41, 5.74) is 1.58. The first-order valence-electron chi connectivity index (χ1n) is 8.61. The minimum Gasteiger partial charge on any atom is -0.374 e. The molecule has 0 N–H and O–H groups in total. The van der Waals surface area contributed by atoms with Crippen molar-refractivity contribution in [1.29, 1.82) is 0 Å². The van der Waals surface area contributed by atoms with Gasteiger partial charge in [-0.15, -0.1) is 0 Å². The van der Waals surface area contributed by atoms with Gasteiger partial charge in [-0.3, -0.25) is 14.3 Å². The molecule has 6 nitrogen and oxygen atoms in total. The highest BCUT2D eigenvalue weighted by Gasteiger charge is 2.36. The number of aromatic nitrogens is 3. The van der Waals surface area contributed by atoms with Crippen molar-refractivity contribution in [1.82, 2.24) is 14.5 Å². The molecule has 4 rings (SSSR count). The highest BCUT2D eigenvalue weighted by atomic mass is 16.5. The number of morpholine rings is 1. The van der Waals surface area contributed by atoms with Gasteiger partial charge in [0.15, 0.2) is 0 Å². The molecule has 24 heavy (non-hydrogen) atoms. The van der Waals surface area contributed by atoms with E-state index < -0.39 is 0 Å². The number of hydrogen-bond donors (Lipinski definition) is 0. The second-order valence-corrected chi connectivity index (χ2v) is 6.53. The van der Waals surface area contributed by atoms with Crippen LogP contribution in [0.1, 0.15) is 25.7 Å². The van der Waals surface area contributed by atoms with E-state index in [1.165, 1.54) is 12.8 Å². The fourth-order valence-electron chi connectivity index (χ4n) is 3.80. The molecule has 0 unspecified atom stereocenters. The minimum absolute atomic E-state index is 0.0364. The van der Waals surface area contributed by atoms with Crippen LogP contribution in [0.4, 0.5) is 5.95 Å². The average molecular weight is 326 g/mol. The second kappa shape index (κ2) is 6.36. The first-order valence-corrected chi connectivity index (χ1v) is 8.61. The molecule has 6 heteroatoms. The predicted molar refractivity (Wildman–Crippen MR) is 92.1 cm³/mol. The van der Waals surface area contributed by atoms with E-state index in [9.17, 15) is 4.79 Å². The summed E-state index contributed by atoms with van der Waals surface area (Å²) in [6.45, 7) is 1.47. The third kappa shape index (κ3) is 2.71. The fourth-order valence-corrected chi connectivity index (χ4v) is 3.80. The Kier molecular flexibility index (Phi) is 4.06. The number of rotatable bonds is 2. The van der Waals surface area contributed by atoms with Crippen LogP contribution < -0.4 is 10.5 Å². The molecule has 1 saturated heterocycles. The molecular weight excluding hydrogens is 304 g/mol. The maximum absolute atomic E-state index is 12.5. The Morgan fingerprint density at radius 1 is 1.21 bits per heavy atom. The second-order valence-electron chi connectivity index (χ2n) is 6.53. The lowest BCUT2D eigenvalue weighted by atomic mass is 9.90. The van der Waals surface area contributed by atoms with Crippen LogP contribution in [0.5, 0.6) is 0 Å². The zero-order valence-corrected chi connectivity index (χ0v) is 13.9. The molecule has 3 heterocycles. The van der Waals surface area contributed by atoms with Crippen LogP contribution in [-0.2, 0) is 11.8 Å².